The molecule has 0 atom stereocenters. The van der Waals surface area contributed by atoms with Gasteiger partial charge in [-0.2, -0.15) is 0 Å². The normalized spacial score (nSPS) is 11.3. The number of carboxylic acids is 1. The van der Waals surface area contributed by atoms with Gasteiger partial charge in [-0.25, -0.2) is 4.79 Å². The van der Waals surface area contributed by atoms with Crippen LogP contribution in [0.4, 0.5) is 0 Å². The molecule has 0 amide bonds. The van der Waals surface area contributed by atoms with Crippen molar-refractivity contribution in [2.75, 3.05) is 0 Å². The molecule has 1 heterocycles. The highest BCUT2D eigenvalue weighted by molar-refractivity contribution is 5.92. The third kappa shape index (κ3) is 1.91. The third-order valence-corrected chi connectivity index (χ3v) is 2.12. The van der Waals surface area contributed by atoms with Crippen LogP contribution in [0.25, 0.3) is 17.0 Å². The average Bonchev–Trinajstić information content (AvgIpc) is 2.55. The zero-order valence-corrected chi connectivity index (χ0v) is 8.23. The number of rotatable bonds is 2. The average molecular weight is 202 g/mol. The van der Waals surface area contributed by atoms with Crippen molar-refractivity contribution in [1.29, 1.82) is 0 Å². The molecule has 0 unspecified atom stereocenters. The number of carboxylic acid groups (broad SMARTS) is 1. The summed E-state index contributed by atoms with van der Waals surface area (Å²) in [6, 6.07) is 7.46. The lowest BCUT2D eigenvalue weighted by molar-refractivity contribution is -0.131. The molecular formula is C12H10O3. The number of aryl methyl sites for hydroxylation is 1. The highest BCUT2D eigenvalue weighted by atomic mass is 16.4. The fourth-order valence-electron chi connectivity index (χ4n) is 1.52. The van der Waals surface area contributed by atoms with Crippen LogP contribution in [0.5, 0.6) is 0 Å². The Morgan fingerprint density at radius 1 is 1.47 bits per heavy atom. The fourth-order valence-corrected chi connectivity index (χ4v) is 1.52. The summed E-state index contributed by atoms with van der Waals surface area (Å²) in [5.41, 5.74) is 1.63. The first-order valence-electron chi connectivity index (χ1n) is 4.57. The molecule has 0 saturated heterocycles. The zero-order chi connectivity index (χ0) is 10.8. The lowest BCUT2D eigenvalue weighted by Gasteiger charge is -1.93. The first-order chi connectivity index (χ1) is 7.16. The van der Waals surface area contributed by atoms with Crippen molar-refractivity contribution in [2.24, 2.45) is 0 Å². The number of benzene rings is 1. The summed E-state index contributed by atoms with van der Waals surface area (Å²) < 4.78 is 5.43. The number of furan rings is 1. The molecule has 0 aliphatic heterocycles. The summed E-state index contributed by atoms with van der Waals surface area (Å²) in [4.78, 5) is 10.4. The van der Waals surface area contributed by atoms with E-state index in [9.17, 15) is 4.79 Å². The van der Waals surface area contributed by atoms with E-state index in [4.69, 9.17) is 9.52 Å². The molecule has 3 nitrogen and oxygen atoms in total. The molecule has 3 heteroatoms. The van der Waals surface area contributed by atoms with Crippen LogP contribution in [-0.2, 0) is 4.79 Å². The van der Waals surface area contributed by atoms with E-state index in [1.165, 1.54) is 0 Å². The largest absolute Gasteiger partial charge is 0.478 e. The van der Waals surface area contributed by atoms with E-state index in [0.717, 1.165) is 28.4 Å². The van der Waals surface area contributed by atoms with E-state index < -0.39 is 5.97 Å². The third-order valence-electron chi connectivity index (χ3n) is 2.12. The molecule has 0 bridgehead atoms. The van der Waals surface area contributed by atoms with Gasteiger partial charge >= 0.3 is 5.97 Å². The van der Waals surface area contributed by atoms with Gasteiger partial charge in [-0.1, -0.05) is 12.1 Å². The van der Waals surface area contributed by atoms with E-state index in [0.29, 0.717) is 0 Å². The molecule has 0 fully saturated rings. The van der Waals surface area contributed by atoms with Gasteiger partial charge in [-0.15, -0.1) is 0 Å². The minimum Gasteiger partial charge on any atom is -0.478 e. The molecule has 0 saturated carbocycles. The van der Waals surface area contributed by atoms with Gasteiger partial charge in [0.05, 0.1) is 0 Å². The Morgan fingerprint density at radius 2 is 2.27 bits per heavy atom. The summed E-state index contributed by atoms with van der Waals surface area (Å²) in [6.07, 6.45) is 2.69. The highest BCUT2D eigenvalue weighted by Gasteiger charge is 2.03. The van der Waals surface area contributed by atoms with E-state index in [2.05, 4.69) is 0 Å². The van der Waals surface area contributed by atoms with Crippen molar-refractivity contribution < 1.29 is 14.3 Å². The summed E-state index contributed by atoms with van der Waals surface area (Å²) in [5.74, 6) is -0.131. The SMILES string of the molecule is Cc1cc2c(/C=C/C(=O)O)cccc2o1. The van der Waals surface area contributed by atoms with E-state index in [-0.39, 0.29) is 0 Å². The van der Waals surface area contributed by atoms with Crippen molar-refractivity contribution in [1.82, 2.24) is 0 Å². The fraction of sp³-hybridized carbons (Fsp3) is 0.0833. The second-order valence-corrected chi connectivity index (χ2v) is 3.29. The topological polar surface area (TPSA) is 50.4 Å². The Morgan fingerprint density at radius 3 is 3.00 bits per heavy atom. The summed E-state index contributed by atoms with van der Waals surface area (Å²) >= 11 is 0. The minimum absolute atomic E-state index is 0.778. The van der Waals surface area contributed by atoms with Gasteiger partial charge in [0.1, 0.15) is 11.3 Å². The van der Waals surface area contributed by atoms with Gasteiger partial charge in [0.15, 0.2) is 0 Å². The molecule has 2 aromatic rings. The molecule has 0 radical (unpaired) electrons. The molecule has 1 aromatic carbocycles. The van der Waals surface area contributed by atoms with Crippen molar-refractivity contribution in [2.45, 2.75) is 6.92 Å². The van der Waals surface area contributed by atoms with Crippen LogP contribution in [0, 0.1) is 6.92 Å². The maximum Gasteiger partial charge on any atom is 0.328 e. The van der Waals surface area contributed by atoms with Crippen molar-refractivity contribution >= 4 is 23.0 Å². The molecule has 76 valence electrons. The number of aliphatic carboxylic acids is 1. The van der Waals surface area contributed by atoms with E-state index in [1.54, 1.807) is 6.08 Å². The van der Waals surface area contributed by atoms with Gasteiger partial charge in [0.25, 0.3) is 0 Å². The first-order valence-corrected chi connectivity index (χ1v) is 4.57. The van der Waals surface area contributed by atoms with Crippen LogP contribution in [-0.4, -0.2) is 11.1 Å². The minimum atomic E-state index is -0.952. The maximum absolute atomic E-state index is 10.4. The monoisotopic (exact) mass is 202 g/mol. The predicted molar refractivity (Wildman–Crippen MR) is 57.6 cm³/mol. The predicted octanol–water partition coefficient (Wildman–Crippen LogP) is 2.84. The van der Waals surface area contributed by atoms with Crippen LogP contribution < -0.4 is 0 Å². The number of carbonyl (C=O) groups is 1. The molecule has 0 aliphatic carbocycles. The van der Waals surface area contributed by atoms with E-state index >= 15 is 0 Å². The molecule has 0 aliphatic rings. The van der Waals surface area contributed by atoms with Crippen LogP contribution in [0.15, 0.2) is 34.8 Å². The molecule has 2 rings (SSSR count). The maximum atomic E-state index is 10.4. The van der Waals surface area contributed by atoms with Gasteiger partial charge in [-0.05, 0) is 30.7 Å². The second-order valence-electron chi connectivity index (χ2n) is 3.29. The summed E-state index contributed by atoms with van der Waals surface area (Å²) in [6.45, 7) is 1.87. The highest BCUT2D eigenvalue weighted by Crippen LogP contribution is 2.23. The molecule has 1 aromatic heterocycles. The lowest BCUT2D eigenvalue weighted by Crippen LogP contribution is -1.85. The smallest absolute Gasteiger partial charge is 0.328 e. The van der Waals surface area contributed by atoms with Crippen molar-refractivity contribution in [3.8, 4) is 0 Å². The van der Waals surface area contributed by atoms with Crippen molar-refractivity contribution in [3.63, 3.8) is 0 Å². The van der Waals surface area contributed by atoms with E-state index in [1.807, 2.05) is 31.2 Å². The molecular weight excluding hydrogens is 192 g/mol. The quantitative estimate of drug-likeness (QED) is 0.762. The van der Waals surface area contributed by atoms with Gasteiger partial charge in [0, 0.05) is 11.5 Å². The first kappa shape index (κ1) is 9.52. The molecule has 1 N–H and O–H groups in total. The van der Waals surface area contributed by atoms with Crippen molar-refractivity contribution in [3.05, 3.63) is 41.7 Å². The van der Waals surface area contributed by atoms with Crippen LogP contribution in [0.1, 0.15) is 11.3 Å². The second kappa shape index (κ2) is 3.61. The van der Waals surface area contributed by atoms with Gasteiger partial charge in [0.2, 0.25) is 0 Å². The van der Waals surface area contributed by atoms with Gasteiger partial charge in [-0.3, -0.25) is 0 Å². The van der Waals surface area contributed by atoms with Crippen LogP contribution >= 0.6 is 0 Å². The summed E-state index contributed by atoms with van der Waals surface area (Å²) in [5, 5.41) is 9.48. The Bertz CT molecular complexity index is 535. The van der Waals surface area contributed by atoms with Gasteiger partial charge < -0.3 is 9.52 Å². The molecule has 15 heavy (non-hydrogen) atoms. The van der Waals surface area contributed by atoms with Crippen LogP contribution in [0.2, 0.25) is 0 Å². The number of hydrogen-bond acceptors (Lipinski definition) is 2. The number of hydrogen-bond donors (Lipinski definition) is 1. The Balaban J connectivity index is 2.55. The standard InChI is InChI=1S/C12H10O3/c1-8-7-10-9(5-6-12(13)14)3-2-4-11(10)15-8/h2-7H,1H3,(H,13,14)/b6-5+. The molecule has 0 spiro atoms. The zero-order valence-electron chi connectivity index (χ0n) is 8.23. The Hall–Kier alpha value is -2.03. The lowest BCUT2D eigenvalue weighted by atomic mass is 10.1. The van der Waals surface area contributed by atoms with Crippen LogP contribution in [0.3, 0.4) is 0 Å². The number of fused-ring (bicyclic) bond motifs is 1. The Labute approximate surface area is 86.6 Å². The summed E-state index contributed by atoms with van der Waals surface area (Å²) in [7, 11) is 0. The Kier molecular flexibility index (Phi) is 2.29.